The Labute approximate surface area is 110 Å². The summed E-state index contributed by atoms with van der Waals surface area (Å²) >= 11 is 1.58. The van der Waals surface area contributed by atoms with E-state index in [0.717, 1.165) is 23.5 Å². The molecule has 1 fully saturated rings. The molecule has 0 aromatic carbocycles. The molecule has 18 heavy (non-hydrogen) atoms. The van der Waals surface area contributed by atoms with Crippen LogP contribution < -0.4 is 0 Å². The Hall–Kier alpha value is -1.20. The number of hydrogen-bond donors (Lipinski definition) is 0. The molecule has 0 bridgehead atoms. The van der Waals surface area contributed by atoms with Crippen LogP contribution in [0, 0.1) is 0 Å². The van der Waals surface area contributed by atoms with Gasteiger partial charge in [0.05, 0.1) is 17.7 Å². The van der Waals surface area contributed by atoms with Gasteiger partial charge in [0.1, 0.15) is 5.78 Å². The second-order valence-electron chi connectivity index (χ2n) is 4.96. The highest BCUT2D eigenvalue weighted by atomic mass is 32.1. The number of carbonyl (C=O) groups excluding carboxylic acids is 1. The van der Waals surface area contributed by atoms with Gasteiger partial charge in [0.15, 0.2) is 4.96 Å². The van der Waals surface area contributed by atoms with Crippen molar-refractivity contribution >= 4 is 22.1 Å². The number of ether oxygens (including phenoxy) is 1. The summed E-state index contributed by atoms with van der Waals surface area (Å²) in [7, 11) is 1.71. The van der Waals surface area contributed by atoms with Crippen LogP contribution in [-0.4, -0.2) is 27.9 Å². The highest BCUT2D eigenvalue weighted by molar-refractivity contribution is 7.15. The highest BCUT2D eigenvalue weighted by Crippen LogP contribution is 2.38. The molecule has 0 N–H and O–H groups in total. The molecule has 0 atom stereocenters. The predicted octanol–water partition coefficient (Wildman–Crippen LogP) is 2.47. The lowest BCUT2D eigenvalue weighted by Crippen LogP contribution is -2.41. The van der Waals surface area contributed by atoms with Crippen molar-refractivity contribution in [3.63, 3.8) is 0 Å². The number of carbonyl (C=O) groups is 1. The Bertz CT molecular complexity index is 534. The Balaban J connectivity index is 1.65. The average Bonchev–Trinajstić information content (AvgIpc) is 2.83. The zero-order chi connectivity index (χ0) is 12.6. The number of nitrogens with zero attached hydrogens (tertiary/aromatic N) is 2. The molecule has 1 aliphatic rings. The molecule has 5 heteroatoms. The molecule has 0 amide bonds. The van der Waals surface area contributed by atoms with E-state index in [2.05, 4.69) is 4.98 Å². The molecular formula is C13H16N2O2S. The highest BCUT2D eigenvalue weighted by Gasteiger charge is 2.38. The Kier molecular flexibility index (Phi) is 2.95. The third-order valence-corrected chi connectivity index (χ3v) is 4.51. The van der Waals surface area contributed by atoms with Crippen LogP contribution in [0.15, 0.2) is 17.8 Å². The molecule has 2 aromatic rings. The van der Waals surface area contributed by atoms with Crippen LogP contribution in [0.3, 0.4) is 0 Å². The lowest BCUT2D eigenvalue weighted by molar-refractivity contribution is -0.131. The summed E-state index contributed by atoms with van der Waals surface area (Å²) in [4.78, 5) is 17.4. The van der Waals surface area contributed by atoms with Gasteiger partial charge >= 0.3 is 0 Å². The van der Waals surface area contributed by atoms with E-state index >= 15 is 0 Å². The first-order valence-corrected chi connectivity index (χ1v) is 7.07. The predicted molar refractivity (Wildman–Crippen MR) is 70.0 cm³/mol. The van der Waals surface area contributed by atoms with Crippen LogP contribution in [-0.2, 0) is 16.0 Å². The number of Topliss-reactive ketones (excluding diaryl/α,β-unsaturated/α-hetero) is 1. The molecule has 1 saturated carbocycles. The summed E-state index contributed by atoms with van der Waals surface area (Å²) in [6.07, 6.45) is 8.02. The Morgan fingerprint density at radius 1 is 1.61 bits per heavy atom. The molecule has 0 spiro atoms. The summed E-state index contributed by atoms with van der Waals surface area (Å²) in [6.45, 7) is 0. The normalized spacial score (nSPS) is 17.8. The largest absolute Gasteiger partial charge is 0.378 e. The summed E-state index contributed by atoms with van der Waals surface area (Å²) < 4.78 is 7.44. The fourth-order valence-corrected chi connectivity index (χ4v) is 3.23. The van der Waals surface area contributed by atoms with Crippen molar-refractivity contribution in [3.05, 3.63) is 23.5 Å². The standard InChI is InChI=1S/C13H16N2O2S/c1-17-13(3-2-4-13)8-11(16)7-10-9-15-5-6-18-12(15)14-10/h5-6,9H,2-4,7-8H2,1H3. The van der Waals surface area contributed by atoms with Crippen molar-refractivity contribution in [1.29, 1.82) is 0 Å². The number of fused-ring (bicyclic) bond motifs is 1. The zero-order valence-corrected chi connectivity index (χ0v) is 11.2. The minimum absolute atomic E-state index is 0.172. The van der Waals surface area contributed by atoms with Gasteiger partial charge in [-0.3, -0.25) is 9.20 Å². The van der Waals surface area contributed by atoms with Gasteiger partial charge in [-0.2, -0.15) is 0 Å². The maximum absolute atomic E-state index is 12.1. The van der Waals surface area contributed by atoms with Gasteiger partial charge in [0.25, 0.3) is 0 Å². The SMILES string of the molecule is COC1(CC(=O)Cc2cn3ccsc3n2)CCC1. The fourth-order valence-electron chi connectivity index (χ4n) is 2.51. The maximum atomic E-state index is 12.1. The topological polar surface area (TPSA) is 43.6 Å². The van der Waals surface area contributed by atoms with E-state index < -0.39 is 0 Å². The second-order valence-corrected chi connectivity index (χ2v) is 5.83. The molecule has 0 radical (unpaired) electrons. The molecule has 0 saturated heterocycles. The van der Waals surface area contributed by atoms with E-state index in [4.69, 9.17) is 4.74 Å². The van der Waals surface area contributed by atoms with Crippen molar-refractivity contribution < 1.29 is 9.53 Å². The van der Waals surface area contributed by atoms with E-state index in [1.54, 1.807) is 18.4 Å². The van der Waals surface area contributed by atoms with Crippen molar-refractivity contribution in [2.45, 2.75) is 37.7 Å². The summed E-state index contributed by atoms with van der Waals surface area (Å²) in [5.41, 5.74) is 0.686. The smallest absolute Gasteiger partial charge is 0.193 e. The Morgan fingerprint density at radius 3 is 3.06 bits per heavy atom. The lowest BCUT2D eigenvalue weighted by atomic mass is 9.76. The molecule has 2 heterocycles. The van der Waals surface area contributed by atoms with E-state index in [9.17, 15) is 4.79 Å². The minimum atomic E-state index is -0.172. The molecule has 3 rings (SSSR count). The summed E-state index contributed by atoms with van der Waals surface area (Å²) in [5.74, 6) is 0.224. The van der Waals surface area contributed by atoms with Crippen molar-refractivity contribution in [2.24, 2.45) is 0 Å². The number of imidazole rings is 1. The van der Waals surface area contributed by atoms with Gasteiger partial charge in [-0.1, -0.05) is 0 Å². The number of thiazole rings is 1. The Morgan fingerprint density at radius 2 is 2.44 bits per heavy atom. The van der Waals surface area contributed by atoms with Crippen molar-refractivity contribution in [3.8, 4) is 0 Å². The van der Waals surface area contributed by atoms with Gasteiger partial charge in [0, 0.05) is 31.3 Å². The summed E-state index contributed by atoms with van der Waals surface area (Å²) in [5, 5.41) is 1.99. The van der Waals surface area contributed by atoms with Gasteiger partial charge in [-0.15, -0.1) is 11.3 Å². The molecule has 2 aromatic heterocycles. The number of rotatable bonds is 5. The van der Waals surface area contributed by atoms with Crippen molar-refractivity contribution in [2.75, 3.05) is 7.11 Å². The number of hydrogen-bond acceptors (Lipinski definition) is 4. The first-order valence-electron chi connectivity index (χ1n) is 6.19. The lowest BCUT2D eigenvalue weighted by Gasteiger charge is -2.40. The second kappa shape index (κ2) is 4.48. The van der Waals surface area contributed by atoms with Gasteiger partial charge < -0.3 is 4.74 Å². The van der Waals surface area contributed by atoms with Crippen LogP contribution >= 0.6 is 11.3 Å². The van der Waals surface area contributed by atoms with Gasteiger partial charge in [-0.05, 0) is 19.3 Å². The first-order chi connectivity index (χ1) is 8.71. The maximum Gasteiger partial charge on any atom is 0.193 e. The van der Waals surface area contributed by atoms with Crippen LogP contribution in [0.5, 0.6) is 0 Å². The van der Waals surface area contributed by atoms with Gasteiger partial charge in [0.2, 0.25) is 0 Å². The number of ketones is 1. The fraction of sp³-hybridized carbons (Fsp3) is 0.538. The van der Waals surface area contributed by atoms with E-state index in [0.29, 0.717) is 12.8 Å². The molecule has 4 nitrogen and oxygen atoms in total. The third kappa shape index (κ3) is 2.08. The number of methoxy groups -OCH3 is 1. The molecule has 0 unspecified atom stereocenters. The monoisotopic (exact) mass is 264 g/mol. The zero-order valence-electron chi connectivity index (χ0n) is 10.4. The van der Waals surface area contributed by atoms with Crippen LogP contribution in [0.4, 0.5) is 0 Å². The third-order valence-electron chi connectivity index (χ3n) is 3.74. The quantitative estimate of drug-likeness (QED) is 0.833. The van der Waals surface area contributed by atoms with E-state index in [-0.39, 0.29) is 11.4 Å². The number of aromatic nitrogens is 2. The van der Waals surface area contributed by atoms with E-state index in [1.165, 1.54) is 6.42 Å². The molecule has 96 valence electrons. The average molecular weight is 264 g/mol. The first kappa shape index (κ1) is 11.9. The minimum Gasteiger partial charge on any atom is -0.378 e. The van der Waals surface area contributed by atoms with Gasteiger partial charge in [-0.25, -0.2) is 4.98 Å². The molecular weight excluding hydrogens is 248 g/mol. The van der Waals surface area contributed by atoms with E-state index in [1.807, 2.05) is 22.2 Å². The van der Waals surface area contributed by atoms with Crippen LogP contribution in [0.2, 0.25) is 0 Å². The molecule has 0 aliphatic heterocycles. The summed E-state index contributed by atoms with van der Waals surface area (Å²) in [6, 6.07) is 0. The van der Waals surface area contributed by atoms with Crippen molar-refractivity contribution in [1.82, 2.24) is 9.38 Å². The molecule has 1 aliphatic carbocycles. The van der Waals surface area contributed by atoms with Crippen LogP contribution in [0.1, 0.15) is 31.4 Å². The van der Waals surface area contributed by atoms with Crippen LogP contribution in [0.25, 0.3) is 4.96 Å².